The highest BCUT2D eigenvalue weighted by atomic mass is 16.2. The van der Waals surface area contributed by atoms with Crippen LogP contribution in [0, 0.1) is 5.92 Å². The summed E-state index contributed by atoms with van der Waals surface area (Å²) in [4.78, 5) is 25.9. The van der Waals surface area contributed by atoms with Crippen molar-refractivity contribution in [3.05, 3.63) is 29.8 Å². The maximum atomic E-state index is 12.2. The Bertz CT molecular complexity index is 549. The van der Waals surface area contributed by atoms with Crippen LogP contribution in [0.2, 0.25) is 0 Å². The van der Waals surface area contributed by atoms with Gasteiger partial charge in [-0.3, -0.25) is 14.5 Å². The molecule has 0 aliphatic carbocycles. The molecule has 1 saturated heterocycles. The molecule has 2 amide bonds. The summed E-state index contributed by atoms with van der Waals surface area (Å²) in [7, 11) is 1.67. The summed E-state index contributed by atoms with van der Waals surface area (Å²) in [5.74, 6) is 0.640. The van der Waals surface area contributed by atoms with Gasteiger partial charge < -0.3 is 10.6 Å². The Kier molecular flexibility index (Phi) is 6.16. The third-order valence-electron chi connectivity index (χ3n) is 4.41. The van der Waals surface area contributed by atoms with Crippen LogP contribution in [0.15, 0.2) is 24.3 Å². The molecule has 0 bridgehead atoms. The van der Waals surface area contributed by atoms with Crippen LogP contribution in [0.5, 0.6) is 0 Å². The van der Waals surface area contributed by atoms with E-state index in [0.29, 0.717) is 12.5 Å². The molecule has 1 aromatic rings. The molecule has 0 atom stereocenters. The molecule has 1 heterocycles. The van der Waals surface area contributed by atoms with Crippen LogP contribution >= 0.6 is 0 Å². The summed E-state index contributed by atoms with van der Waals surface area (Å²) >= 11 is 0. The smallest absolute Gasteiger partial charge is 0.238 e. The molecule has 0 saturated carbocycles. The Labute approximate surface area is 138 Å². The maximum Gasteiger partial charge on any atom is 0.238 e. The second-order valence-electron chi connectivity index (χ2n) is 6.49. The molecule has 1 aliphatic rings. The lowest BCUT2D eigenvalue weighted by atomic mass is 9.96. The number of likely N-dealkylation sites (tertiary alicyclic amines) is 1. The molecular formula is C18H27N3O2. The van der Waals surface area contributed by atoms with Crippen LogP contribution in [0.1, 0.15) is 38.2 Å². The van der Waals surface area contributed by atoms with Crippen molar-refractivity contribution in [1.82, 2.24) is 10.2 Å². The van der Waals surface area contributed by atoms with Gasteiger partial charge in [-0.1, -0.05) is 26.0 Å². The van der Waals surface area contributed by atoms with Crippen LogP contribution in [-0.2, 0) is 9.59 Å². The minimum Gasteiger partial charge on any atom is -0.359 e. The van der Waals surface area contributed by atoms with Gasteiger partial charge in [-0.05, 0) is 49.5 Å². The molecule has 1 aromatic carbocycles. The highest BCUT2D eigenvalue weighted by Gasteiger charge is 2.25. The fourth-order valence-corrected chi connectivity index (χ4v) is 2.94. The minimum absolute atomic E-state index is 0.00398. The van der Waals surface area contributed by atoms with E-state index >= 15 is 0 Å². The van der Waals surface area contributed by atoms with Crippen molar-refractivity contribution in [2.24, 2.45) is 5.92 Å². The summed E-state index contributed by atoms with van der Waals surface area (Å²) < 4.78 is 0. The molecule has 1 fully saturated rings. The van der Waals surface area contributed by atoms with E-state index in [2.05, 4.69) is 35.4 Å². The minimum atomic E-state index is 0.00398. The average Bonchev–Trinajstić information content (AvgIpc) is 2.55. The molecule has 0 unspecified atom stereocenters. The van der Waals surface area contributed by atoms with Gasteiger partial charge in [0.1, 0.15) is 0 Å². The van der Waals surface area contributed by atoms with Gasteiger partial charge in [0, 0.05) is 18.7 Å². The Morgan fingerprint density at radius 1 is 1.26 bits per heavy atom. The first-order valence-corrected chi connectivity index (χ1v) is 8.33. The van der Waals surface area contributed by atoms with Gasteiger partial charge in [0.25, 0.3) is 0 Å². The summed E-state index contributed by atoms with van der Waals surface area (Å²) in [6, 6.07) is 7.99. The lowest BCUT2D eigenvalue weighted by Crippen LogP contribution is -2.42. The fraction of sp³-hybridized carbons (Fsp3) is 0.556. The number of nitrogens with one attached hydrogen (secondary N) is 2. The summed E-state index contributed by atoms with van der Waals surface area (Å²) in [6.45, 7) is 6.23. The average molecular weight is 317 g/mol. The number of nitrogens with zero attached hydrogens (tertiary/aromatic N) is 1. The van der Waals surface area contributed by atoms with E-state index in [0.717, 1.165) is 31.6 Å². The van der Waals surface area contributed by atoms with E-state index in [1.165, 1.54) is 5.56 Å². The number of hydrogen-bond donors (Lipinski definition) is 2. The van der Waals surface area contributed by atoms with Crippen molar-refractivity contribution in [3.8, 4) is 0 Å². The van der Waals surface area contributed by atoms with Crippen LogP contribution in [-0.4, -0.2) is 43.4 Å². The number of piperidine rings is 1. The Hall–Kier alpha value is -1.88. The summed E-state index contributed by atoms with van der Waals surface area (Å²) in [6.07, 6.45) is 1.63. The predicted octanol–water partition coefficient (Wildman–Crippen LogP) is 2.21. The van der Waals surface area contributed by atoms with Gasteiger partial charge in [0.05, 0.1) is 6.54 Å². The molecule has 2 rings (SSSR count). The van der Waals surface area contributed by atoms with Gasteiger partial charge in [0.2, 0.25) is 11.8 Å². The molecule has 0 spiro atoms. The molecule has 2 N–H and O–H groups in total. The maximum absolute atomic E-state index is 12.2. The number of hydrogen-bond acceptors (Lipinski definition) is 3. The van der Waals surface area contributed by atoms with Crippen molar-refractivity contribution in [1.29, 1.82) is 0 Å². The standard InChI is InChI=1S/C18H27N3O2/c1-13(2)15-5-4-6-16(11-15)20-17(22)12-21-9-7-14(8-10-21)18(23)19-3/h4-6,11,13-14H,7-10,12H2,1-3H3,(H,19,23)(H,20,22). The van der Waals surface area contributed by atoms with E-state index in [9.17, 15) is 9.59 Å². The highest BCUT2D eigenvalue weighted by Crippen LogP contribution is 2.19. The van der Waals surface area contributed by atoms with Crippen molar-refractivity contribution in [3.63, 3.8) is 0 Å². The summed E-state index contributed by atoms with van der Waals surface area (Å²) in [5, 5.41) is 5.67. The Balaban J connectivity index is 1.82. The van der Waals surface area contributed by atoms with Crippen LogP contribution < -0.4 is 10.6 Å². The second-order valence-corrected chi connectivity index (χ2v) is 6.49. The monoisotopic (exact) mass is 317 g/mol. The lowest BCUT2D eigenvalue weighted by Gasteiger charge is -2.30. The van der Waals surface area contributed by atoms with E-state index in [1.54, 1.807) is 7.05 Å². The lowest BCUT2D eigenvalue weighted by molar-refractivity contribution is -0.126. The van der Waals surface area contributed by atoms with Crippen LogP contribution in [0.4, 0.5) is 5.69 Å². The Morgan fingerprint density at radius 2 is 1.96 bits per heavy atom. The predicted molar refractivity (Wildman–Crippen MR) is 92.4 cm³/mol. The third kappa shape index (κ3) is 5.06. The molecular weight excluding hydrogens is 290 g/mol. The van der Waals surface area contributed by atoms with Gasteiger partial charge in [-0.25, -0.2) is 0 Å². The van der Waals surface area contributed by atoms with Crippen molar-refractivity contribution in [2.75, 3.05) is 32.0 Å². The number of rotatable bonds is 5. The quantitative estimate of drug-likeness (QED) is 0.875. The van der Waals surface area contributed by atoms with E-state index in [4.69, 9.17) is 0 Å². The SMILES string of the molecule is CNC(=O)C1CCN(CC(=O)Nc2cccc(C(C)C)c2)CC1. The number of carbonyl (C=O) groups excluding carboxylic acids is 2. The van der Waals surface area contributed by atoms with Gasteiger partial charge in [0.15, 0.2) is 0 Å². The largest absolute Gasteiger partial charge is 0.359 e. The van der Waals surface area contributed by atoms with Crippen LogP contribution in [0.25, 0.3) is 0 Å². The third-order valence-corrected chi connectivity index (χ3v) is 4.41. The molecule has 0 radical (unpaired) electrons. The normalized spacial score (nSPS) is 16.3. The Morgan fingerprint density at radius 3 is 2.57 bits per heavy atom. The van der Waals surface area contributed by atoms with Crippen LogP contribution in [0.3, 0.4) is 0 Å². The van der Waals surface area contributed by atoms with Crippen molar-refractivity contribution >= 4 is 17.5 Å². The zero-order valence-corrected chi connectivity index (χ0v) is 14.3. The first-order valence-electron chi connectivity index (χ1n) is 8.33. The molecule has 5 nitrogen and oxygen atoms in total. The van der Waals surface area contributed by atoms with Gasteiger partial charge in [-0.2, -0.15) is 0 Å². The second kappa shape index (κ2) is 8.11. The number of anilines is 1. The molecule has 23 heavy (non-hydrogen) atoms. The number of amides is 2. The first kappa shape index (κ1) is 17.5. The zero-order chi connectivity index (χ0) is 16.8. The zero-order valence-electron chi connectivity index (χ0n) is 14.3. The number of benzene rings is 1. The van der Waals surface area contributed by atoms with E-state index in [-0.39, 0.29) is 17.7 Å². The highest BCUT2D eigenvalue weighted by molar-refractivity contribution is 5.92. The molecule has 5 heteroatoms. The fourth-order valence-electron chi connectivity index (χ4n) is 2.94. The van der Waals surface area contributed by atoms with E-state index in [1.807, 2.05) is 18.2 Å². The summed E-state index contributed by atoms with van der Waals surface area (Å²) in [5.41, 5.74) is 2.07. The molecule has 126 valence electrons. The van der Waals surface area contributed by atoms with Gasteiger partial charge >= 0.3 is 0 Å². The number of carbonyl (C=O) groups is 2. The molecule has 0 aromatic heterocycles. The van der Waals surface area contributed by atoms with E-state index < -0.39 is 0 Å². The van der Waals surface area contributed by atoms with Crippen molar-refractivity contribution < 1.29 is 9.59 Å². The topological polar surface area (TPSA) is 61.4 Å². The first-order chi connectivity index (χ1) is 11.0. The van der Waals surface area contributed by atoms with Gasteiger partial charge in [-0.15, -0.1) is 0 Å². The molecule has 1 aliphatic heterocycles. The van der Waals surface area contributed by atoms with Crippen molar-refractivity contribution in [2.45, 2.75) is 32.6 Å².